The highest BCUT2D eigenvalue weighted by Gasteiger charge is 2.33. The molecular weight excluding hydrogens is 419 g/mol. The Morgan fingerprint density at radius 3 is 2.69 bits per heavy atom. The highest BCUT2D eigenvalue weighted by Crippen LogP contribution is 2.32. The summed E-state index contributed by atoms with van der Waals surface area (Å²) in [7, 11) is 0. The summed E-state index contributed by atoms with van der Waals surface area (Å²) in [6.07, 6.45) is 2.64. The summed E-state index contributed by atoms with van der Waals surface area (Å²) in [6.45, 7) is 1.28. The van der Waals surface area contributed by atoms with Gasteiger partial charge in [-0.05, 0) is 67.5 Å². The van der Waals surface area contributed by atoms with Crippen molar-refractivity contribution in [1.29, 1.82) is 0 Å². The van der Waals surface area contributed by atoms with E-state index < -0.39 is 18.0 Å². The first-order valence-corrected chi connectivity index (χ1v) is 10.9. The van der Waals surface area contributed by atoms with E-state index in [4.69, 9.17) is 0 Å². The van der Waals surface area contributed by atoms with Gasteiger partial charge in [0.2, 0.25) is 5.91 Å². The number of aliphatic hydroxyl groups excluding tert-OH is 1. The lowest BCUT2D eigenvalue weighted by molar-refractivity contribution is -0.141. The molecule has 32 heavy (non-hydrogen) atoms. The third kappa shape index (κ3) is 5.12. The number of alkyl halides is 3. The lowest BCUT2D eigenvalue weighted by atomic mass is 9.88. The van der Waals surface area contributed by atoms with E-state index in [-0.39, 0.29) is 11.7 Å². The summed E-state index contributed by atoms with van der Waals surface area (Å²) in [6, 6.07) is 7.96. The molecule has 0 saturated carbocycles. The highest BCUT2D eigenvalue weighted by molar-refractivity contribution is 6.02. The number of benzene rings is 1. The molecule has 2 N–H and O–H groups in total. The first kappa shape index (κ1) is 22.3. The van der Waals surface area contributed by atoms with E-state index in [9.17, 15) is 23.1 Å². The number of nitrogens with zero attached hydrogens (tertiary/aromatic N) is 2. The van der Waals surface area contributed by atoms with Crippen molar-refractivity contribution in [2.24, 2.45) is 0 Å². The number of aryl methyl sites for hydroxylation is 1. The van der Waals surface area contributed by atoms with Crippen molar-refractivity contribution < 1.29 is 23.1 Å². The van der Waals surface area contributed by atoms with Gasteiger partial charge in [-0.1, -0.05) is 12.1 Å². The molecule has 1 unspecified atom stereocenters. The molecule has 1 aliphatic heterocycles. The number of pyridine rings is 1. The van der Waals surface area contributed by atoms with Gasteiger partial charge in [0.25, 0.3) is 0 Å². The maximum absolute atomic E-state index is 13.2. The molecule has 5 nitrogen and oxygen atoms in total. The van der Waals surface area contributed by atoms with Crippen LogP contribution in [0.25, 0.3) is 6.08 Å². The number of carbonyl (C=O) groups excluding carboxylic acids is 1. The van der Waals surface area contributed by atoms with Crippen LogP contribution in [0.15, 0.2) is 36.4 Å². The van der Waals surface area contributed by atoms with E-state index in [0.717, 1.165) is 42.9 Å². The smallest absolute Gasteiger partial charge is 0.393 e. The van der Waals surface area contributed by atoms with Crippen LogP contribution in [0.1, 0.15) is 48.1 Å². The third-order valence-corrected chi connectivity index (χ3v) is 5.98. The molecule has 4 rings (SSSR count). The van der Waals surface area contributed by atoms with Gasteiger partial charge in [-0.25, -0.2) is 4.98 Å². The number of aliphatic hydroxyl groups is 1. The molecule has 1 amide bonds. The Morgan fingerprint density at radius 1 is 1.16 bits per heavy atom. The number of carbonyl (C=O) groups is 1. The van der Waals surface area contributed by atoms with Gasteiger partial charge < -0.3 is 15.3 Å². The van der Waals surface area contributed by atoms with E-state index in [0.29, 0.717) is 37.2 Å². The standard InChI is InChI=1S/C24H26F3N3O2/c25-24(26,27)21-11-8-17(23(29-21)30-13-2-1-3-14-30)9-12-22(32)28-20-6-4-5-16-7-10-18(31)15-19(16)20/h4-6,8-9,11-12,18,31H,1-3,7,10,13-15H2,(H,28,32)/b12-9+. The van der Waals surface area contributed by atoms with Gasteiger partial charge in [0.15, 0.2) is 0 Å². The summed E-state index contributed by atoms with van der Waals surface area (Å²) < 4.78 is 39.6. The monoisotopic (exact) mass is 445 g/mol. The van der Waals surface area contributed by atoms with Crippen LogP contribution in [-0.4, -0.2) is 35.2 Å². The van der Waals surface area contributed by atoms with Crippen molar-refractivity contribution in [1.82, 2.24) is 4.98 Å². The largest absolute Gasteiger partial charge is 0.433 e. The fraction of sp³-hybridized carbons (Fsp3) is 0.417. The van der Waals surface area contributed by atoms with Crippen molar-refractivity contribution in [3.8, 4) is 0 Å². The van der Waals surface area contributed by atoms with Gasteiger partial charge in [0.05, 0.1) is 6.10 Å². The minimum atomic E-state index is -4.53. The van der Waals surface area contributed by atoms with Crippen LogP contribution >= 0.6 is 0 Å². The zero-order valence-electron chi connectivity index (χ0n) is 17.7. The number of piperidine rings is 1. The number of rotatable bonds is 4. The van der Waals surface area contributed by atoms with Crippen molar-refractivity contribution >= 4 is 23.5 Å². The van der Waals surface area contributed by atoms with E-state index in [2.05, 4.69) is 10.3 Å². The van der Waals surface area contributed by atoms with Crippen molar-refractivity contribution in [3.05, 3.63) is 58.8 Å². The SMILES string of the molecule is O=C(/C=C/c1ccc(C(F)(F)F)nc1N1CCCCC1)Nc1cccc2c1CC(O)CC2. The summed E-state index contributed by atoms with van der Waals surface area (Å²) in [4.78, 5) is 18.3. The Bertz CT molecular complexity index is 1010. The van der Waals surface area contributed by atoms with Gasteiger partial charge in [-0.3, -0.25) is 4.79 Å². The van der Waals surface area contributed by atoms with Crippen LogP contribution in [0.3, 0.4) is 0 Å². The van der Waals surface area contributed by atoms with Crippen LogP contribution in [0.2, 0.25) is 0 Å². The summed E-state index contributed by atoms with van der Waals surface area (Å²) in [5.74, 6) is -0.133. The number of hydrogen-bond donors (Lipinski definition) is 2. The number of halogens is 3. The summed E-state index contributed by atoms with van der Waals surface area (Å²) in [5.41, 5.74) is 2.22. The number of hydrogen-bond acceptors (Lipinski definition) is 4. The number of aromatic nitrogens is 1. The molecule has 2 aromatic rings. The minimum absolute atomic E-state index is 0.254. The normalized spacial score (nSPS) is 19.1. The Labute approximate surface area is 185 Å². The molecule has 0 spiro atoms. The van der Waals surface area contributed by atoms with E-state index >= 15 is 0 Å². The lowest BCUT2D eigenvalue weighted by Crippen LogP contribution is -2.31. The highest BCUT2D eigenvalue weighted by atomic mass is 19.4. The van der Waals surface area contributed by atoms with Crippen LogP contribution in [0.4, 0.5) is 24.7 Å². The Balaban J connectivity index is 1.56. The molecule has 1 saturated heterocycles. The summed E-state index contributed by atoms with van der Waals surface area (Å²) >= 11 is 0. The van der Waals surface area contributed by atoms with Crippen LogP contribution in [0, 0.1) is 0 Å². The first-order valence-electron chi connectivity index (χ1n) is 10.9. The molecule has 2 aliphatic rings. The maximum Gasteiger partial charge on any atom is 0.433 e. The molecule has 8 heteroatoms. The van der Waals surface area contributed by atoms with Crippen LogP contribution in [0.5, 0.6) is 0 Å². The zero-order chi connectivity index (χ0) is 22.7. The molecule has 1 fully saturated rings. The van der Waals surface area contributed by atoms with E-state index in [1.807, 2.05) is 17.0 Å². The second-order valence-electron chi connectivity index (χ2n) is 8.32. The second kappa shape index (κ2) is 9.32. The predicted molar refractivity (Wildman–Crippen MR) is 117 cm³/mol. The van der Waals surface area contributed by atoms with Crippen LogP contribution < -0.4 is 10.2 Å². The van der Waals surface area contributed by atoms with Gasteiger partial charge >= 0.3 is 6.18 Å². The molecule has 1 atom stereocenters. The Kier molecular flexibility index (Phi) is 6.50. The Hall–Kier alpha value is -2.87. The number of amides is 1. The maximum atomic E-state index is 13.2. The van der Waals surface area contributed by atoms with Gasteiger partial charge in [-0.15, -0.1) is 0 Å². The number of nitrogens with one attached hydrogen (secondary N) is 1. The predicted octanol–water partition coefficient (Wildman–Crippen LogP) is 4.59. The quantitative estimate of drug-likeness (QED) is 0.676. The molecule has 170 valence electrons. The van der Waals surface area contributed by atoms with Crippen molar-refractivity contribution in [3.63, 3.8) is 0 Å². The fourth-order valence-electron chi connectivity index (χ4n) is 4.33. The third-order valence-electron chi connectivity index (χ3n) is 5.98. The molecule has 1 aliphatic carbocycles. The lowest BCUT2D eigenvalue weighted by Gasteiger charge is -2.29. The average molecular weight is 445 g/mol. The molecule has 1 aromatic heterocycles. The topological polar surface area (TPSA) is 65.5 Å². The van der Waals surface area contributed by atoms with Gasteiger partial charge in [0, 0.05) is 36.8 Å². The van der Waals surface area contributed by atoms with Gasteiger partial charge in [-0.2, -0.15) is 13.2 Å². The number of anilines is 2. The molecule has 0 radical (unpaired) electrons. The second-order valence-corrected chi connectivity index (χ2v) is 8.32. The fourth-order valence-corrected chi connectivity index (χ4v) is 4.33. The molecule has 0 bridgehead atoms. The van der Waals surface area contributed by atoms with E-state index in [1.54, 1.807) is 6.07 Å². The average Bonchev–Trinajstić information content (AvgIpc) is 2.78. The van der Waals surface area contributed by atoms with E-state index in [1.165, 1.54) is 18.2 Å². The first-order chi connectivity index (χ1) is 15.3. The molecule has 1 aromatic carbocycles. The van der Waals surface area contributed by atoms with Crippen molar-refractivity contribution in [2.45, 2.75) is 50.8 Å². The summed E-state index contributed by atoms with van der Waals surface area (Å²) in [5, 5.41) is 12.8. The number of fused-ring (bicyclic) bond motifs is 1. The minimum Gasteiger partial charge on any atom is -0.393 e. The van der Waals surface area contributed by atoms with Crippen LogP contribution in [-0.2, 0) is 23.8 Å². The van der Waals surface area contributed by atoms with Gasteiger partial charge in [0.1, 0.15) is 11.5 Å². The Morgan fingerprint density at radius 2 is 1.94 bits per heavy atom. The molecular formula is C24H26F3N3O2. The molecule has 2 heterocycles. The van der Waals surface area contributed by atoms with Crippen molar-refractivity contribution in [2.75, 3.05) is 23.3 Å². The zero-order valence-corrected chi connectivity index (χ0v) is 17.7.